The van der Waals surface area contributed by atoms with Crippen molar-refractivity contribution in [1.82, 2.24) is 19.2 Å². The number of ether oxygens (including phenoxy) is 1. The molecule has 0 amide bonds. The second kappa shape index (κ2) is 10.3. The number of pyridine rings is 1. The SMILES string of the molecule is O=c1c(Nc2nn(-c3ccc(OC(F)(F)F)cc3)c(=O)c3ccccc23)cccn1CCN1CCC(O)C1. The third-order valence-electron chi connectivity index (χ3n) is 6.30. The smallest absolute Gasteiger partial charge is 0.406 e. The minimum absolute atomic E-state index is 0.219. The molecule has 1 fully saturated rings. The lowest BCUT2D eigenvalue weighted by Gasteiger charge is -2.17. The van der Waals surface area contributed by atoms with E-state index in [9.17, 15) is 27.9 Å². The molecule has 0 aliphatic carbocycles. The number of halogens is 3. The number of hydrogen-bond acceptors (Lipinski definition) is 7. The number of aromatic nitrogens is 3. The highest BCUT2D eigenvalue weighted by atomic mass is 19.4. The van der Waals surface area contributed by atoms with Gasteiger partial charge in [0, 0.05) is 37.8 Å². The molecule has 4 aromatic rings. The Balaban J connectivity index is 1.47. The highest BCUT2D eigenvalue weighted by molar-refractivity contribution is 5.92. The van der Waals surface area contributed by atoms with E-state index in [-0.39, 0.29) is 28.9 Å². The Hall–Kier alpha value is -4.16. The van der Waals surface area contributed by atoms with Gasteiger partial charge in [0.05, 0.1) is 17.2 Å². The van der Waals surface area contributed by atoms with E-state index in [2.05, 4.69) is 20.1 Å². The monoisotopic (exact) mass is 527 g/mol. The minimum atomic E-state index is -4.84. The number of fused-ring (bicyclic) bond motifs is 1. The van der Waals surface area contributed by atoms with Crippen LogP contribution in [0.25, 0.3) is 16.5 Å². The average Bonchev–Trinajstić information content (AvgIpc) is 3.31. The number of anilines is 2. The van der Waals surface area contributed by atoms with Gasteiger partial charge in [0.1, 0.15) is 11.4 Å². The van der Waals surface area contributed by atoms with Crippen LogP contribution in [0.1, 0.15) is 6.42 Å². The number of rotatable bonds is 7. The van der Waals surface area contributed by atoms with Crippen molar-refractivity contribution in [1.29, 1.82) is 0 Å². The van der Waals surface area contributed by atoms with E-state index >= 15 is 0 Å². The van der Waals surface area contributed by atoms with E-state index in [1.165, 1.54) is 12.1 Å². The first-order valence-corrected chi connectivity index (χ1v) is 11.9. The highest BCUT2D eigenvalue weighted by Gasteiger charge is 2.31. The van der Waals surface area contributed by atoms with Crippen molar-refractivity contribution in [2.45, 2.75) is 25.4 Å². The molecule has 12 heteroatoms. The zero-order valence-corrected chi connectivity index (χ0v) is 20.1. The highest BCUT2D eigenvalue weighted by Crippen LogP contribution is 2.25. The fourth-order valence-electron chi connectivity index (χ4n) is 4.45. The van der Waals surface area contributed by atoms with Crippen molar-refractivity contribution in [2.24, 2.45) is 0 Å². The second-order valence-electron chi connectivity index (χ2n) is 8.94. The maximum atomic E-state index is 13.2. The zero-order chi connectivity index (χ0) is 26.9. The first-order valence-electron chi connectivity index (χ1n) is 11.9. The number of nitrogens with one attached hydrogen (secondary N) is 1. The van der Waals surface area contributed by atoms with Gasteiger partial charge in [-0.25, -0.2) is 0 Å². The van der Waals surface area contributed by atoms with Gasteiger partial charge in [0.15, 0.2) is 5.82 Å². The van der Waals surface area contributed by atoms with Crippen molar-refractivity contribution in [3.05, 3.63) is 87.6 Å². The maximum Gasteiger partial charge on any atom is 0.573 e. The van der Waals surface area contributed by atoms with Gasteiger partial charge in [-0.15, -0.1) is 18.3 Å². The quantitative estimate of drug-likeness (QED) is 0.381. The average molecular weight is 528 g/mol. The number of hydrogen-bond donors (Lipinski definition) is 2. The number of alkyl halides is 3. The molecule has 9 nitrogen and oxygen atoms in total. The number of nitrogens with zero attached hydrogens (tertiary/aromatic N) is 4. The van der Waals surface area contributed by atoms with Gasteiger partial charge >= 0.3 is 6.36 Å². The van der Waals surface area contributed by atoms with Crippen LogP contribution in [0.3, 0.4) is 0 Å². The van der Waals surface area contributed by atoms with E-state index in [4.69, 9.17) is 0 Å². The molecule has 5 rings (SSSR count). The summed E-state index contributed by atoms with van der Waals surface area (Å²) in [5, 5.41) is 18.0. The summed E-state index contributed by atoms with van der Waals surface area (Å²) >= 11 is 0. The lowest BCUT2D eigenvalue weighted by Crippen LogP contribution is -2.31. The number of benzene rings is 2. The van der Waals surface area contributed by atoms with Crippen molar-refractivity contribution >= 4 is 22.3 Å². The van der Waals surface area contributed by atoms with Gasteiger partial charge in [-0.3, -0.25) is 14.5 Å². The Labute approximate surface area is 214 Å². The molecule has 198 valence electrons. The molecule has 1 unspecified atom stereocenters. The zero-order valence-electron chi connectivity index (χ0n) is 20.1. The van der Waals surface area contributed by atoms with E-state index in [1.54, 1.807) is 47.2 Å². The third kappa shape index (κ3) is 5.55. The van der Waals surface area contributed by atoms with Gasteiger partial charge in [0.2, 0.25) is 0 Å². The summed E-state index contributed by atoms with van der Waals surface area (Å²) in [6.45, 7) is 2.39. The third-order valence-corrected chi connectivity index (χ3v) is 6.30. The van der Waals surface area contributed by atoms with Crippen LogP contribution in [0.5, 0.6) is 5.75 Å². The molecule has 2 aromatic heterocycles. The molecule has 1 atom stereocenters. The summed E-state index contributed by atoms with van der Waals surface area (Å²) in [4.78, 5) is 28.4. The largest absolute Gasteiger partial charge is 0.573 e. The fraction of sp³-hybridized carbons (Fsp3) is 0.269. The van der Waals surface area contributed by atoms with Crippen molar-refractivity contribution in [3.63, 3.8) is 0 Å². The lowest BCUT2D eigenvalue weighted by molar-refractivity contribution is -0.274. The van der Waals surface area contributed by atoms with E-state index in [1.807, 2.05) is 0 Å². The molecule has 1 aliphatic rings. The van der Waals surface area contributed by atoms with E-state index in [0.29, 0.717) is 36.8 Å². The molecule has 1 saturated heterocycles. The Morgan fingerprint density at radius 2 is 1.71 bits per heavy atom. The summed E-state index contributed by atoms with van der Waals surface area (Å²) in [7, 11) is 0. The molecule has 1 aliphatic heterocycles. The van der Waals surface area contributed by atoms with Gasteiger partial charge in [-0.2, -0.15) is 4.68 Å². The number of β-amino-alcohol motifs (C(OH)–C–C–N with tert-alkyl or cyclic N) is 1. The number of aliphatic hydroxyl groups excluding tert-OH is 1. The molecular weight excluding hydrogens is 503 g/mol. The normalized spacial score (nSPS) is 16.2. The summed E-state index contributed by atoms with van der Waals surface area (Å²) < 4.78 is 44.1. The van der Waals surface area contributed by atoms with Crippen molar-refractivity contribution < 1.29 is 23.0 Å². The van der Waals surface area contributed by atoms with Crippen LogP contribution in [0, 0.1) is 0 Å². The van der Waals surface area contributed by atoms with Crippen LogP contribution in [-0.4, -0.2) is 56.5 Å². The van der Waals surface area contributed by atoms with Gasteiger partial charge < -0.3 is 19.7 Å². The number of aliphatic hydroxyl groups is 1. The van der Waals surface area contributed by atoms with Gasteiger partial charge in [-0.1, -0.05) is 18.2 Å². The van der Waals surface area contributed by atoms with Crippen LogP contribution in [0.15, 0.2) is 76.4 Å². The van der Waals surface area contributed by atoms with Crippen molar-refractivity contribution in [3.8, 4) is 11.4 Å². The van der Waals surface area contributed by atoms with Crippen LogP contribution in [-0.2, 0) is 6.54 Å². The predicted octanol–water partition coefficient (Wildman–Crippen LogP) is 3.26. The van der Waals surface area contributed by atoms with Crippen molar-refractivity contribution in [2.75, 3.05) is 25.0 Å². The predicted molar refractivity (Wildman–Crippen MR) is 135 cm³/mol. The molecule has 0 bridgehead atoms. The summed E-state index contributed by atoms with van der Waals surface area (Å²) in [5.74, 6) is -0.199. The summed E-state index contributed by atoms with van der Waals surface area (Å²) in [5.41, 5.74) is -0.305. The van der Waals surface area contributed by atoms with Crippen LogP contribution in [0.4, 0.5) is 24.7 Å². The first-order chi connectivity index (χ1) is 18.2. The molecule has 38 heavy (non-hydrogen) atoms. The minimum Gasteiger partial charge on any atom is -0.406 e. The first kappa shape index (κ1) is 25.5. The standard InChI is InChI=1S/C26H24F3N5O4/c27-26(28,29)38-19-9-7-17(8-10-19)34-24(36)21-5-2-1-4-20(21)23(31-34)30-22-6-3-12-33(25(22)37)15-14-32-13-11-18(35)16-32/h1-10,12,18,35H,11,13-16H2,(H,30,31). The molecule has 0 saturated carbocycles. The summed E-state index contributed by atoms with van der Waals surface area (Å²) in [6, 6.07) is 14.8. The van der Waals surface area contributed by atoms with Crippen LogP contribution < -0.4 is 21.2 Å². The van der Waals surface area contributed by atoms with Crippen LogP contribution >= 0.6 is 0 Å². The molecule has 2 N–H and O–H groups in total. The molecule has 2 aromatic carbocycles. The second-order valence-corrected chi connectivity index (χ2v) is 8.94. The van der Waals surface area contributed by atoms with Crippen LogP contribution in [0.2, 0.25) is 0 Å². The van der Waals surface area contributed by atoms with E-state index in [0.717, 1.165) is 23.4 Å². The molecule has 3 heterocycles. The van der Waals surface area contributed by atoms with Gasteiger partial charge in [-0.05, 0) is 48.9 Å². The molecule has 0 spiro atoms. The molecular formula is C26H24F3N5O4. The van der Waals surface area contributed by atoms with Gasteiger partial charge in [0.25, 0.3) is 11.1 Å². The number of likely N-dealkylation sites (tertiary alicyclic amines) is 1. The Bertz CT molecular complexity index is 1570. The Morgan fingerprint density at radius 1 is 0.974 bits per heavy atom. The lowest BCUT2D eigenvalue weighted by atomic mass is 10.2. The maximum absolute atomic E-state index is 13.2. The summed E-state index contributed by atoms with van der Waals surface area (Å²) in [6.07, 6.45) is -2.79. The fourth-order valence-corrected chi connectivity index (χ4v) is 4.45. The topological polar surface area (TPSA) is 102 Å². The Kier molecular flexibility index (Phi) is 6.91. The molecule has 0 radical (unpaired) electrons. The van der Waals surface area contributed by atoms with E-state index < -0.39 is 17.7 Å². The Morgan fingerprint density at radius 3 is 2.39 bits per heavy atom.